The first-order valence-electron chi connectivity index (χ1n) is 6.34. The van der Waals surface area contributed by atoms with Crippen molar-refractivity contribution in [2.75, 3.05) is 0 Å². The molecule has 0 amide bonds. The summed E-state index contributed by atoms with van der Waals surface area (Å²) in [6.07, 6.45) is 2.48. The summed E-state index contributed by atoms with van der Waals surface area (Å²) in [5.74, 6) is 0.469. The van der Waals surface area contributed by atoms with Gasteiger partial charge in [0, 0.05) is 6.04 Å². The highest BCUT2D eigenvalue weighted by atomic mass is 32.2. The summed E-state index contributed by atoms with van der Waals surface area (Å²) in [4.78, 5) is -0.666. The third-order valence-electron chi connectivity index (χ3n) is 3.46. The molecule has 1 aliphatic rings. The van der Waals surface area contributed by atoms with Crippen molar-refractivity contribution in [2.24, 2.45) is 11.1 Å². The van der Waals surface area contributed by atoms with Gasteiger partial charge >= 0.3 is 0 Å². The fourth-order valence-electron chi connectivity index (χ4n) is 2.50. The Morgan fingerprint density at radius 2 is 1.70 bits per heavy atom. The summed E-state index contributed by atoms with van der Waals surface area (Å²) in [5, 5.41) is 5.06. The zero-order valence-corrected chi connectivity index (χ0v) is 12.7. The van der Waals surface area contributed by atoms with Crippen LogP contribution in [0, 0.1) is 5.92 Å². The van der Waals surface area contributed by atoms with E-state index >= 15 is 0 Å². The highest BCUT2D eigenvalue weighted by Gasteiger charge is 2.29. The fourth-order valence-corrected chi connectivity index (χ4v) is 5.17. The molecule has 0 heterocycles. The van der Waals surface area contributed by atoms with Crippen LogP contribution in [-0.4, -0.2) is 22.9 Å². The van der Waals surface area contributed by atoms with Crippen molar-refractivity contribution in [3.05, 3.63) is 24.3 Å². The molecule has 0 spiro atoms. The topological polar surface area (TPSA) is 106 Å². The molecule has 0 radical (unpaired) electrons. The largest absolute Gasteiger partial charge is 0.242 e. The standard InChI is InChI=1S/C12H18N2O4S2/c1-9-6-7-10(8-9)14-20(17,18)12-5-3-2-4-11(12)19(13,15)16/h2-5,9-10,14H,6-8H2,1H3,(H2,13,15,16). The van der Waals surface area contributed by atoms with E-state index in [9.17, 15) is 16.8 Å². The lowest BCUT2D eigenvalue weighted by atomic mass is 10.1. The van der Waals surface area contributed by atoms with Gasteiger partial charge in [-0.3, -0.25) is 0 Å². The summed E-state index contributed by atoms with van der Waals surface area (Å²) in [7, 11) is -7.97. The van der Waals surface area contributed by atoms with Crippen LogP contribution in [-0.2, 0) is 20.0 Å². The van der Waals surface area contributed by atoms with Gasteiger partial charge in [0.1, 0.15) is 9.79 Å². The van der Waals surface area contributed by atoms with Crippen molar-refractivity contribution in [3.63, 3.8) is 0 Å². The van der Waals surface area contributed by atoms with Crippen molar-refractivity contribution in [2.45, 2.75) is 42.0 Å². The Morgan fingerprint density at radius 3 is 2.20 bits per heavy atom. The molecule has 0 aliphatic heterocycles. The lowest BCUT2D eigenvalue weighted by Crippen LogP contribution is -2.34. The molecule has 1 aromatic rings. The molecule has 0 aromatic heterocycles. The van der Waals surface area contributed by atoms with Crippen LogP contribution >= 0.6 is 0 Å². The van der Waals surface area contributed by atoms with Gasteiger partial charge in [-0.15, -0.1) is 0 Å². The molecule has 1 saturated carbocycles. The normalized spacial score (nSPS) is 23.9. The molecule has 3 N–H and O–H groups in total. The predicted molar refractivity (Wildman–Crippen MR) is 74.9 cm³/mol. The maximum absolute atomic E-state index is 12.3. The molecule has 2 atom stereocenters. The van der Waals surface area contributed by atoms with Gasteiger partial charge in [0.25, 0.3) is 0 Å². The van der Waals surface area contributed by atoms with Gasteiger partial charge in [-0.2, -0.15) is 0 Å². The average molecular weight is 318 g/mol. The molecular formula is C12H18N2O4S2. The molecule has 112 valence electrons. The Hall–Kier alpha value is -0.960. The van der Waals surface area contributed by atoms with E-state index in [-0.39, 0.29) is 15.8 Å². The maximum atomic E-state index is 12.3. The highest BCUT2D eigenvalue weighted by Crippen LogP contribution is 2.27. The van der Waals surface area contributed by atoms with E-state index < -0.39 is 20.0 Å². The number of hydrogen-bond acceptors (Lipinski definition) is 4. The summed E-state index contributed by atoms with van der Waals surface area (Å²) in [6, 6.07) is 5.21. The number of nitrogens with one attached hydrogen (secondary N) is 1. The van der Waals surface area contributed by atoms with Gasteiger partial charge in [-0.1, -0.05) is 19.1 Å². The third kappa shape index (κ3) is 3.38. The van der Waals surface area contributed by atoms with Crippen LogP contribution in [0.3, 0.4) is 0 Å². The summed E-state index contributed by atoms with van der Waals surface area (Å²) < 4.78 is 50.2. The van der Waals surface area contributed by atoms with Gasteiger partial charge in [0.2, 0.25) is 20.0 Å². The Morgan fingerprint density at radius 1 is 1.10 bits per heavy atom. The minimum Gasteiger partial charge on any atom is -0.225 e. The number of hydrogen-bond donors (Lipinski definition) is 2. The molecule has 1 aromatic carbocycles. The Balaban J connectivity index is 2.35. The Kier molecular flexibility index (Phi) is 4.19. The smallest absolute Gasteiger partial charge is 0.225 e. The van der Waals surface area contributed by atoms with Crippen molar-refractivity contribution < 1.29 is 16.8 Å². The van der Waals surface area contributed by atoms with Crippen molar-refractivity contribution in [1.29, 1.82) is 0 Å². The number of benzene rings is 1. The number of primary sulfonamides is 1. The van der Waals surface area contributed by atoms with Crippen LogP contribution in [0.1, 0.15) is 26.2 Å². The summed E-state index contributed by atoms with van der Waals surface area (Å²) in [6.45, 7) is 2.06. The van der Waals surface area contributed by atoms with Gasteiger partial charge in [-0.05, 0) is 37.3 Å². The van der Waals surface area contributed by atoms with Crippen molar-refractivity contribution in [1.82, 2.24) is 4.72 Å². The minimum atomic E-state index is -4.08. The molecule has 1 aliphatic carbocycles. The molecule has 0 bridgehead atoms. The second kappa shape index (κ2) is 5.44. The van der Waals surface area contributed by atoms with Crippen LogP contribution in [0.2, 0.25) is 0 Å². The van der Waals surface area contributed by atoms with Crippen molar-refractivity contribution >= 4 is 20.0 Å². The second-order valence-corrected chi connectivity index (χ2v) is 8.44. The van der Waals surface area contributed by atoms with Crippen molar-refractivity contribution in [3.8, 4) is 0 Å². The Bertz CT molecular complexity index is 698. The first kappa shape index (κ1) is 15.4. The van der Waals surface area contributed by atoms with Crippen LogP contribution in [0.4, 0.5) is 0 Å². The molecule has 6 nitrogen and oxygen atoms in total. The molecule has 2 unspecified atom stereocenters. The monoisotopic (exact) mass is 318 g/mol. The lowest BCUT2D eigenvalue weighted by Gasteiger charge is -2.14. The van der Waals surface area contributed by atoms with Gasteiger partial charge in [-0.25, -0.2) is 26.7 Å². The number of nitrogens with two attached hydrogens (primary N) is 1. The summed E-state index contributed by atoms with van der Waals surface area (Å²) >= 11 is 0. The first-order valence-corrected chi connectivity index (χ1v) is 9.37. The Labute approximate surface area is 119 Å². The van der Waals surface area contributed by atoms with E-state index in [1.54, 1.807) is 0 Å². The SMILES string of the molecule is CC1CCC(NS(=O)(=O)c2ccccc2S(N)(=O)=O)C1. The highest BCUT2D eigenvalue weighted by molar-refractivity contribution is 7.92. The number of sulfonamides is 2. The quantitative estimate of drug-likeness (QED) is 0.856. The van der Waals surface area contributed by atoms with E-state index in [0.717, 1.165) is 19.3 Å². The average Bonchev–Trinajstić information content (AvgIpc) is 2.73. The molecule has 20 heavy (non-hydrogen) atoms. The van der Waals surface area contributed by atoms with Crippen LogP contribution < -0.4 is 9.86 Å². The van der Waals surface area contributed by atoms with Gasteiger partial charge in [0.05, 0.1) is 0 Å². The molecule has 1 fully saturated rings. The van der Waals surface area contributed by atoms with E-state index in [2.05, 4.69) is 11.6 Å². The second-order valence-electron chi connectivity index (χ2n) is 5.23. The fraction of sp³-hybridized carbons (Fsp3) is 0.500. The minimum absolute atomic E-state index is 0.150. The van der Waals surface area contributed by atoms with E-state index in [1.807, 2.05) is 0 Å². The zero-order valence-electron chi connectivity index (χ0n) is 11.1. The molecule has 2 rings (SSSR count). The molecule has 0 saturated heterocycles. The van der Waals surface area contributed by atoms with Gasteiger partial charge in [0.15, 0.2) is 0 Å². The van der Waals surface area contributed by atoms with Crippen LogP contribution in [0.5, 0.6) is 0 Å². The molecular weight excluding hydrogens is 300 g/mol. The van der Waals surface area contributed by atoms with Crippen LogP contribution in [0.15, 0.2) is 34.1 Å². The van der Waals surface area contributed by atoms with Gasteiger partial charge < -0.3 is 0 Å². The predicted octanol–water partition coefficient (Wildman–Crippen LogP) is 0.801. The van der Waals surface area contributed by atoms with E-state index in [0.29, 0.717) is 5.92 Å². The molecule has 8 heteroatoms. The van der Waals surface area contributed by atoms with E-state index in [4.69, 9.17) is 5.14 Å². The van der Waals surface area contributed by atoms with E-state index in [1.165, 1.54) is 24.3 Å². The zero-order chi connectivity index (χ0) is 15.0. The van der Waals surface area contributed by atoms with Crippen LogP contribution in [0.25, 0.3) is 0 Å². The third-order valence-corrected chi connectivity index (χ3v) is 6.14. The lowest BCUT2D eigenvalue weighted by molar-refractivity contribution is 0.535. The maximum Gasteiger partial charge on any atom is 0.242 e. The first-order chi connectivity index (χ1) is 9.20. The number of rotatable bonds is 4. The summed E-state index contributed by atoms with van der Waals surface area (Å²) in [5.41, 5.74) is 0.